The molecule has 0 saturated heterocycles. The number of carbonyl (C=O) groups excluding carboxylic acids is 2. The van der Waals surface area contributed by atoms with Crippen LogP contribution in [-0.2, 0) is 9.59 Å². The van der Waals surface area contributed by atoms with Crippen molar-refractivity contribution in [1.29, 1.82) is 0 Å². The van der Waals surface area contributed by atoms with Crippen molar-refractivity contribution in [1.82, 2.24) is 14.8 Å². The number of nitrogens with one attached hydrogen (secondary N) is 2. The van der Waals surface area contributed by atoms with Crippen LogP contribution in [0, 0.1) is 11.6 Å². The summed E-state index contributed by atoms with van der Waals surface area (Å²) in [6.45, 7) is 1.24. The molecule has 0 bridgehead atoms. The van der Waals surface area contributed by atoms with Crippen molar-refractivity contribution in [3.05, 3.63) is 66.8 Å². The maximum Gasteiger partial charge on any atom is 0.262 e. The van der Waals surface area contributed by atoms with Crippen LogP contribution in [0.25, 0.3) is 0 Å². The van der Waals surface area contributed by atoms with Gasteiger partial charge in [0.1, 0.15) is 24.5 Å². The Kier molecular flexibility index (Phi) is 6.12. The number of benzene rings is 2. The Morgan fingerprint density at radius 1 is 1.10 bits per heavy atom. The zero-order valence-corrected chi connectivity index (χ0v) is 15.3. The van der Waals surface area contributed by atoms with Gasteiger partial charge in [0, 0.05) is 17.4 Å². The molecule has 2 amide bonds. The first-order valence-corrected chi connectivity index (χ1v) is 8.55. The predicted octanol–water partition coefficient (Wildman–Crippen LogP) is 2.77. The number of hydrogen-bond donors (Lipinski definition) is 2. The Morgan fingerprint density at radius 2 is 1.79 bits per heavy atom. The number of amides is 2. The lowest BCUT2D eigenvalue weighted by Crippen LogP contribution is -2.24. The molecular formula is C19H17F2N5O3. The molecule has 0 saturated carbocycles. The van der Waals surface area contributed by atoms with E-state index in [1.165, 1.54) is 17.3 Å². The number of ether oxygens (including phenoxy) is 1. The molecule has 10 heteroatoms. The minimum absolute atomic E-state index is 0.221. The van der Waals surface area contributed by atoms with Crippen LogP contribution < -0.4 is 15.4 Å². The molecule has 1 heterocycles. The van der Waals surface area contributed by atoms with Crippen LogP contribution in [-0.4, -0.2) is 33.2 Å². The Bertz CT molecular complexity index is 994. The van der Waals surface area contributed by atoms with Gasteiger partial charge in [0.05, 0.1) is 0 Å². The first-order chi connectivity index (χ1) is 13.9. The lowest BCUT2D eigenvalue weighted by Gasteiger charge is -2.12. The Morgan fingerprint density at radius 3 is 2.41 bits per heavy atom. The van der Waals surface area contributed by atoms with E-state index in [0.717, 1.165) is 12.1 Å². The molecule has 0 aliphatic rings. The maximum absolute atomic E-state index is 13.5. The summed E-state index contributed by atoms with van der Waals surface area (Å²) in [5, 5.41) is 9.22. The number of carbonyl (C=O) groups is 2. The van der Waals surface area contributed by atoms with E-state index in [4.69, 9.17) is 4.74 Å². The van der Waals surface area contributed by atoms with E-state index in [1.54, 1.807) is 31.2 Å². The van der Waals surface area contributed by atoms with Crippen LogP contribution in [0.1, 0.15) is 13.0 Å². The van der Waals surface area contributed by atoms with Crippen molar-refractivity contribution in [2.24, 2.45) is 0 Å². The second-order valence-electron chi connectivity index (χ2n) is 6.03. The van der Waals surface area contributed by atoms with Gasteiger partial charge in [0.25, 0.3) is 5.91 Å². The van der Waals surface area contributed by atoms with Crippen molar-refractivity contribution in [3.8, 4) is 5.75 Å². The lowest BCUT2D eigenvalue weighted by atomic mass is 10.2. The minimum Gasteiger partial charge on any atom is -0.481 e. The van der Waals surface area contributed by atoms with Gasteiger partial charge in [-0.1, -0.05) is 0 Å². The molecule has 1 atom stereocenters. The molecule has 2 aromatic carbocycles. The van der Waals surface area contributed by atoms with E-state index < -0.39 is 30.2 Å². The third-order valence-electron chi connectivity index (χ3n) is 3.90. The predicted molar refractivity (Wildman–Crippen MR) is 100 cm³/mol. The highest BCUT2D eigenvalue weighted by Crippen LogP contribution is 2.18. The van der Waals surface area contributed by atoms with E-state index in [2.05, 4.69) is 20.7 Å². The van der Waals surface area contributed by atoms with Crippen molar-refractivity contribution < 1.29 is 23.1 Å². The summed E-state index contributed by atoms with van der Waals surface area (Å²) >= 11 is 0. The number of aromatic nitrogens is 3. The van der Waals surface area contributed by atoms with Crippen molar-refractivity contribution in [2.75, 3.05) is 17.2 Å². The van der Waals surface area contributed by atoms with Crippen LogP contribution in [0.3, 0.4) is 0 Å². The number of anilines is 2. The van der Waals surface area contributed by atoms with E-state index in [9.17, 15) is 18.4 Å². The summed E-state index contributed by atoms with van der Waals surface area (Å²) in [5.74, 6) is -2.64. The van der Waals surface area contributed by atoms with Crippen LogP contribution in [0.2, 0.25) is 0 Å². The third kappa shape index (κ3) is 5.34. The summed E-state index contributed by atoms with van der Waals surface area (Å²) < 4.78 is 32.8. The molecule has 1 unspecified atom stereocenters. The van der Waals surface area contributed by atoms with Crippen molar-refractivity contribution >= 4 is 23.2 Å². The van der Waals surface area contributed by atoms with E-state index in [-0.39, 0.29) is 11.7 Å². The van der Waals surface area contributed by atoms with Crippen LogP contribution in [0.5, 0.6) is 5.75 Å². The molecule has 1 aromatic heterocycles. The van der Waals surface area contributed by atoms with Crippen LogP contribution >= 0.6 is 0 Å². The van der Waals surface area contributed by atoms with E-state index in [1.807, 2.05) is 0 Å². The van der Waals surface area contributed by atoms with E-state index in [0.29, 0.717) is 17.4 Å². The number of nitrogens with zero attached hydrogens (tertiary/aromatic N) is 3. The molecule has 2 N–H and O–H groups in total. The summed E-state index contributed by atoms with van der Waals surface area (Å²) in [7, 11) is 0. The van der Waals surface area contributed by atoms with Gasteiger partial charge in [-0.2, -0.15) is 5.10 Å². The van der Waals surface area contributed by atoms with Gasteiger partial charge in [-0.15, -0.1) is 0 Å². The average Bonchev–Trinajstić information content (AvgIpc) is 3.23. The average molecular weight is 401 g/mol. The van der Waals surface area contributed by atoms with Gasteiger partial charge in [-0.05, 0) is 43.3 Å². The number of halogens is 2. The Labute approximate surface area is 164 Å². The van der Waals surface area contributed by atoms with Gasteiger partial charge in [0.2, 0.25) is 5.91 Å². The topological polar surface area (TPSA) is 98.1 Å². The maximum atomic E-state index is 13.5. The third-order valence-corrected chi connectivity index (χ3v) is 3.90. The molecule has 0 radical (unpaired) electrons. The summed E-state index contributed by atoms with van der Waals surface area (Å²) in [4.78, 5) is 27.9. The minimum atomic E-state index is -0.891. The molecule has 0 aliphatic carbocycles. The Hall–Kier alpha value is -3.82. The van der Waals surface area contributed by atoms with Gasteiger partial charge < -0.3 is 15.4 Å². The van der Waals surface area contributed by atoms with Gasteiger partial charge in [0.15, 0.2) is 18.2 Å². The molecule has 0 fully saturated rings. The lowest BCUT2D eigenvalue weighted by molar-refractivity contribution is -0.119. The number of rotatable bonds is 7. The Balaban J connectivity index is 1.50. The fourth-order valence-electron chi connectivity index (χ4n) is 2.35. The monoisotopic (exact) mass is 401 g/mol. The fourth-order valence-corrected chi connectivity index (χ4v) is 2.35. The first-order valence-electron chi connectivity index (χ1n) is 8.55. The van der Waals surface area contributed by atoms with E-state index >= 15 is 0 Å². The highest BCUT2D eigenvalue weighted by Gasteiger charge is 2.15. The highest BCUT2D eigenvalue weighted by molar-refractivity contribution is 5.94. The largest absolute Gasteiger partial charge is 0.481 e. The zero-order valence-electron chi connectivity index (χ0n) is 15.3. The highest BCUT2D eigenvalue weighted by atomic mass is 19.1. The van der Waals surface area contributed by atoms with Crippen molar-refractivity contribution in [2.45, 2.75) is 13.0 Å². The smallest absolute Gasteiger partial charge is 0.262 e. The summed E-state index contributed by atoms with van der Waals surface area (Å²) in [6, 6.07) is 8.68. The van der Waals surface area contributed by atoms with Crippen LogP contribution in [0.4, 0.5) is 20.2 Å². The fraction of sp³-hybridized carbons (Fsp3) is 0.158. The molecule has 0 spiro atoms. The summed E-state index contributed by atoms with van der Waals surface area (Å²) in [5.41, 5.74) is 0.991. The van der Waals surface area contributed by atoms with Crippen molar-refractivity contribution in [3.63, 3.8) is 0 Å². The molecule has 29 heavy (non-hydrogen) atoms. The quantitative estimate of drug-likeness (QED) is 0.634. The molecule has 150 valence electrons. The zero-order chi connectivity index (χ0) is 20.8. The number of hydrogen-bond acceptors (Lipinski definition) is 5. The normalized spacial score (nSPS) is 11.6. The molecule has 3 rings (SSSR count). The van der Waals surface area contributed by atoms with Gasteiger partial charge in [-0.3, -0.25) is 9.59 Å². The second-order valence-corrected chi connectivity index (χ2v) is 6.03. The molecule has 3 aromatic rings. The molecule has 0 aliphatic heterocycles. The standard InChI is InChI=1S/C19H17F2N5O3/c1-12(26-11-22-10-23-26)19(28)25-15-5-3-14(4-6-15)24-18(27)9-29-17-7-2-13(20)8-16(17)21/h2-8,10-12H,9H2,1H3,(H,24,27)(H,25,28). The van der Waals surface area contributed by atoms with Gasteiger partial charge in [-0.25, -0.2) is 18.4 Å². The summed E-state index contributed by atoms with van der Waals surface area (Å²) in [6.07, 6.45) is 2.79. The second kappa shape index (κ2) is 8.91. The van der Waals surface area contributed by atoms with Gasteiger partial charge >= 0.3 is 0 Å². The van der Waals surface area contributed by atoms with Crippen LogP contribution in [0.15, 0.2) is 55.1 Å². The molecule has 8 nitrogen and oxygen atoms in total. The first kappa shape index (κ1) is 19.9. The SMILES string of the molecule is CC(C(=O)Nc1ccc(NC(=O)COc2ccc(F)cc2F)cc1)n1cncn1. The molecular weight excluding hydrogens is 384 g/mol.